The van der Waals surface area contributed by atoms with Crippen LogP contribution in [0.25, 0.3) is 21.6 Å². The van der Waals surface area contributed by atoms with Crippen LogP contribution in [0.4, 0.5) is 5.69 Å². The van der Waals surface area contributed by atoms with E-state index in [0.717, 1.165) is 38.4 Å². The quantitative estimate of drug-likeness (QED) is 0.191. The Morgan fingerprint density at radius 1 is 1.11 bits per heavy atom. The fraction of sp³-hybridized carbons (Fsp3) is 0.320. The summed E-state index contributed by atoms with van der Waals surface area (Å²) < 4.78 is 15.5. The number of aliphatic imine (C=N–C) groups is 1. The Morgan fingerprint density at radius 2 is 1.86 bits per heavy atom. The number of ether oxygens (including phenoxy) is 2. The molecule has 0 saturated heterocycles. The number of amides is 1. The van der Waals surface area contributed by atoms with Crippen LogP contribution in [0.2, 0.25) is 0 Å². The summed E-state index contributed by atoms with van der Waals surface area (Å²) in [5, 5.41) is 2.90. The van der Waals surface area contributed by atoms with Gasteiger partial charge in [-0.25, -0.2) is 0 Å². The molecule has 0 aliphatic heterocycles. The summed E-state index contributed by atoms with van der Waals surface area (Å²) in [4.78, 5) is 17.7. The molecule has 0 unspecified atom stereocenters. The molecule has 0 radical (unpaired) electrons. The lowest BCUT2D eigenvalue weighted by molar-refractivity contribution is -0.117. The van der Waals surface area contributed by atoms with Crippen molar-refractivity contribution in [2.75, 3.05) is 26.1 Å². The second kappa shape index (κ2) is 11.7. The number of methoxy groups -OCH3 is 2. The van der Waals surface area contributed by atoms with Gasteiger partial charge in [-0.2, -0.15) is 4.37 Å². The van der Waals surface area contributed by atoms with Gasteiger partial charge in [0.2, 0.25) is 5.91 Å². The average molecular weight is 497 g/mol. The number of aromatic nitrogens is 1. The number of benzene rings is 2. The maximum Gasteiger partial charge on any atom is 0.241 e. The van der Waals surface area contributed by atoms with E-state index in [1.165, 1.54) is 11.5 Å². The first kappa shape index (κ1) is 26.0. The van der Waals surface area contributed by atoms with Crippen LogP contribution >= 0.6 is 11.5 Å². The molecule has 0 bridgehead atoms. The van der Waals surface area contributed by atoms with Gasteiger partial charge < -0.3 is 32.0 Å². The molecule has 7 N–H and O–H groups in total. The third kappa shape index (κ3) is 6.28. The topological polar surface area (TPSA) is 151 Å². The van der Waals surface area contributed by atoms with Gasteiger partial charge in [-0.3, -0.25) is 9.79 Å². The predicted molar refractivity (Wildman–Crippen MR) is 142 cm³/mol. The molecule has 10 heteroatoms. The van der Waals surface area contributed by atoms with Crippen molar-refractivity contribution in [1.29, 1.82) is 0 Å². The van der Waals surface area contributed by atoms with E-state index in [1.54, 1.807) is 14.2 Å². The summed E-state index contributed by atoms with van der Waals surface area (Å²) in [6, 6.07) is 9.06. The van der Waals surface area contributed by atoms with Crippen molar-refractivity contribution < 1.29 is 14.3 Å². The molecule has 1 aromatic heterocycles. The smallest absolute Gasteiger partial charge is 0.241 e. The van der Waals surface area contributed by atoms with E-state index in [9.17, 15) is 4.79 Å². The summed E-state index contributed by atoms with van der Waals surface area (Å²) in [5.41, 5.74) is 22.4. The predicted octanol–water partition coefficient (Wildman–Crippen LogP) is 3.43. The number of hydrogen-bond acceptors (Lipinski definition) is 7. The number of nitrogens with one attached hydrogen (secondary N) is 1. The number of carbonyl (C=O) groups excluding carboxylic acids is 1. The second-order valence-electron chi connectivity index (χ2n) is 8.15. The SMILES string of the molecule is COc1ccc(-c2cnsc2-c2cc(C)c(C)c(OC)c2)cc1NC(=O)[C@H](N)CCCN=C(N)N. The minimum absolute atomic E-state index is 0.0195. The van der Waals surface area contributed by atoms with E-state index >= 15 is 0 Å². The molecule has 0 aliphatic rings. The van der Waals surface area contributed by atoms with Crippen LogP contribution in [0.3, 0.4) is 0 Å². The molecular weight excluding hydrogens is 464 g/mol. The summed E-state index contributed by atoms with van der Waals surface area (Å²) in [5.74, 6) is 1.07. The molecule has 1 amide bonds. The van der Waals surface area contributed by atoms with Crippen LogP contribution in [0.5, 0.6) is 11.5 Å². The summed E-state index contributed by atoms with van der Waals surface area (Å²) in [7, 11) is 3.22. The molecule has 0 fully saturated rings. The zero-order valence-electron chi connectivity index (χ0n) is 20.4. The van der Waals surface area contributed by atoms with Crippen molar-refractivity contribution in [1.82, 2.24) is 4.37 Å². The number of aryl methyl sites for hydroxylation is 1. The van der Waals surface area contributed by atoms with Gasteiger partial charge in [-0.1, -0.05) is 12.1 Å². The molecule has 0 spiro atoms. The van der Waals surface area contributed by atoms with E-state index in [2.05, 4.69) is 27.7 Å². The molecule has 35 heavy (non-hydrogen) atoms. The van der Waals surface area contributed by atoms with Crippen LogP contribution in [-0.4, -0.2) is 43.0 Å². The van der Waals surface area contributed by atoms with E-state index < -0.39 is 6.04 Å². The van der Waals surface area contributed by atoms with Gasteiger partial charge in [0, 0.05) is 18.3 Å². The summed E-state index contributed by atoms with van der Waals surface area (Å²) >= 11 is 1.41. The van der Waals surface area contributed by atoms with E-state index in [0.29, 0.717) is 30.8 Å². The third-order valence-electron chi connectivity index (χ3n) is 5.74. The summed E-state index contributed by atoms with van der Waals surface area (Å²) in [6.45, 7) is 4.51. The monoisotopic (exact) mass is 496 g/mol. The highest BCUT2D eigenvalue weighted by atomic mass is 32.1. The lowest BCUT2D eigenvalue weighted by atomic mass is 9.99. The molecule has 0 saturated carbocycles. The van der Waals surface area contributed by atoms with Gasteiger partial charge >= 0.3 is 0 Å². The van der Waals surface area contributed by atoms with Crippen molar-refractivity contribution in [3.8, 4) is 33.1 Å². The second-order valence-corrected chi connectivity index (χ2v) is 8.95. The lowest BCUT2D eigenvalue weighted by Gasteiger charge is -2.16. The normalized spacial score (nSPS) is 11.6. The van der Waals surface area contributed by atoms with Gasteiger partial charge in [-0.05, 0) is 78.7 Å². The highest BCUT2D eigenvalue weighted by molar-refractivity contribution is 7.10. The van der Waals surface area contributed by atoms with Gasteiger partial charge in [-0.15, -0.1) is 0 Å². The van der Waals surface area contributed by atoms with Crippen LogP contribution in [0, 0.1) is 13.8 Å². The Balaban J connectivity index is 1.87. The minimum atomic E-state index is -0.709. The first-order chi connectivity index (χ1) is 16.7. The van der Waals surface area contributed by atoms with Crippen molar-refractivity contribution in [3.63, 3.8) is 0 Å². The standard InChI is InChI=1S/C25H32N6O3S/c1-14-10-17(12-22(34-4)15(14)2)23-18(13-30-35-23)16-7-8-21(33-3)20(11-16)31-24(32)19(26)6-5-9-29-25(27)28/h7-8,10-13,19H,5-6,9,26H2,1-4H3,(H,31,32)(H4,27,28,29)/t19-/m1/s1. The third-order valence-corrected chi connectivity index (χ3v) is 6.59. The van der Waals surface area contributed by atoms with Crippen molar-refractivity contribution >= 4 is 29.1 Å². The Hall–Kier alpha value is -3.63. The largest absolute Gasteiger partial charge is 0.496 e. The van der Waals surface area contributed by atoms with Crippen LogP contribution in [-0.2, 0) is 4.79 Å². The van der Waals surface area contributed by atoms with Crippen molar-refractivity contribution in [3.05, 3.63) is 47.7 Å². The highest BCUT2D eigenvalue weighted by Gasteiger charge is 2.18. The number of rotatable bonds is 10. The van der Waals surface area contributed by atoms with Crippen LogP contribution in [0.1, 0.15) is 24.0 Å². The van der Waals surface area contributed by atoms with Crippen molar-refractivity contribution in [2.45, 2.75) is 32.7 Å². The van der Waals surface area contributed by atoms with E-state index in [4.69, 9.17) is 26.7 Å². The first-order valence-corrected chi connectivity index (χ1v) is 11.9. The molecule has 0 aliphatic carbocycles. The zero-order valence-corrected chi connectivity index (χ0v) is 21.2. The molecular formula is C25H32N6O3S. The molecule has 186 valence electrons. The number of hydrogen-bond donors (Lipinski definition) is 4. The van der Waals surface area contributed by atoms with E-state index in [-0.39, 0.29) is 11.9 Å². The maximum absolute atomic E-state index is 12.7. The number of carbonyl (C=O) groups is 1. The number of guanidine groups is 1. The zero-order chi connectivity index (χ0) is 25.5. The van der Waals surface area contributed by atoms with Gasteiger partial charge in [0.15, 0.2) is 5.96 Å². The van der Waals surface area contributed by atoms with Gasteiger partial charge in [0.25, 0.3) is 0 Å². The highest BCUT2D eigenvalue weighted by Crippen LogP contribution is 2.40. The lowest BCUT2D eigenvalue weighted by Crippen LogP contribution is -2.35. The molecule has 3 aromatic rings. The molecule has 1 heterocycles. The Labute approximate surface area is 209 Å². The van der Waals surface area contributed by atoms with Crippen molar-refractivity contribution in [2.24, 2.45) is 22.2 Å². The van der Waals surface area contributed by atoms with E-state index in [1.807, 2.05) is 37.4 Å². The van der Waals surface area contributed by atoms with Gasteiger partial charge in [0.1, 0.15) is 11.5 Å². The average Bonchev–Trinajstić information content (AvgIpc) is 3.33. The molecule has 1 atom stereocenters. The minimum Gasteiger partial charge on any atom is -0.496 e. The summed E-state index contributed by atoms with van der Waals surface area (Å²) in [6.07, 6.45) is 2.86. The number of anilines is 1. The van der Waals surface area contributed by atoms with Crippen LogP contribution < -0.4 is 32.0 Å². The number of nitrogens with zero attached hydrogens (tertiary/aromatic N) is 2. The molecule has 2 aromatic carbocycles. The van der Waals surface area contributed by atoms with Gasteiger partial charge in [0.05, 0.1) is 30.8 Å². The number of nitrogens with two attached hydrogens (primary N) is 3. The Morgan fingerprint density at radius 3 is 2.54 bits per heavy atom. The first-order valence-electron chi connectivity index (χ1n) is 11.2. The molecule has 3 rings (SSSR count). The Bertz CT molecular complexity index is 1220. The fourth-order valence-electron chi connectivity index (χ4n) is 3.67. The Kier molecular flexibility index (Phi) is 8.67. The fourth-order valence-corrected chi connectivity index (χ4v) is 4.43. The molecule has 9 nitrogen and oxygen atoms in total. The van der Waals surface area contributed by atoms with Crippen LogP contribution in [0.15, 0.2) is 41.5 Å². The maximum atomic E-state index is 12.7.